The Balaban J connectivity index is 1.18. The minimum Gasteiger partial charge on any atom is -0.449 e. The summed E-state index contributed by atoms with van der Waals surface area (Å²) in [6, 6.07) is 31.3. The van der Waals surface area contributed by atoms with Gasteiger partial charge in [-0.3, -0.25) is 4.79 Å². The number of nitrogens with zero attached hydrogens (tertiary/aromatic N) is 4. The highest BCUT2D eigenvalue weighted by atomic mass is 35.5. The number of rotatable bonds is 8. The van der Waals surface area contributed by atoms with Gasteiger partial charge in [-0.25, -0.2) is 9.78 Å². The number of halogens is 2. The van der Waals surface area contributed by atoms with Crippen molar-refractivity contribution < 1.29 is 14.3 Å². The fourth-order valence-corrected chi connectivity index (χ4v) is 7.85. The normalized spacial score (nSPS) is 15.9. The molecule has 9 nitrogen and oxygen atoms in total. The van der Waals surface area contributed by atoms with Gasteiger partial charge in [0.2, 0.25) is 0 Å². The molecule has 0 unspecified atom stereocenters. The zero-order chi connectivity index (χ0) is 35.8. The van der Waals surface area contributed by atoms with Gasteiger partial charge >= 0.3 is 6.09 Å². The number of aromatic nitrogens is 3. The number of benzene rings is 4. The number of aromatic amines is 1. The lowest BCUT2D eigenvalue weighted by Gasteiger charge is -2.40. The highest BCUT2D eigenvalue weighted by Crippen LogP contribution is 2.42. The Morgan fingerprint density at radius 3 is 2.42 bits per heavy atom. The Morgan fingerprint density at radius 1 is 0.923 bits per heavy atom. The van der Waals surface area contributed by atoms with Crippen LogP contribution in [0.15, 0.2) is 103 Å². The molecule has 4 heterocycles. The van der Waals surface area contributed by atoms with Crippen molar-refractivity contribution in [2.75, 3.05) is 36.5 Å². The second kappa shape index (κ2) is 14.4. The van der Waals surface area contributed by atoms with Gasteiger partial charge in [0.25, 0.3) is 5.91 Å². The average Bonchev–Trinajstić information content (AvgIpc) is 3.77. The number of ether oxygens (including phenoxy) is 1. The molecule has 2 saturated heterocycles. The van der Waals surface area contributed by atoms with Gasteiger partial charge in [-0.05, 0) is 68.1 Å². The van der Waals surface area contributed by atoms with E-state index in [0.29, 0.717) is 28.0 Å². The minimum absolute atomic E-state index is 0.138. The smallest absolute Gasteiger partial charge is 0.410 e. The van der Waals surface area contributed by atoms with E-state index in [0.717, 1.165) is 83.6 Å². The number of piperidine rings is 1. The molecule has 2 aliphatic heterocycles. The summed E-state index contributed by atoms with van der Waals surface area (Å²) in [5.74, 6) is -0.286. The van der Waals surface area contributed by atoms with E-state index in [1.807, 2.05) is 108 Å². The van der Waals surface area contributed by atoms with Crippen molar-refractivity contribution in [1.82, 2.24) is 19.4 Å². The quantitative estimate of drug-likeness (QED) is 0.163. The first-order valence-electron chi connectivity index (χ1n) is 17.6. The molecule has 264 valence electrons. The molecule has 2 aliphatic rings. The molecule has 2 fully saturated rings. The van der Waals surface area contributed by atoms with Crippen molar-refractivity contribution in [1.29, 1.82) is 0 Å². The van der Waals surface area contributed by atoms with E-state index in [9.17, 15) is 9.59 Å². The number of carbonyl (C=O) groups excluding carboxylic acids is 2. The van der Waals surface area contributed by atoms with Crippen LogP contribution in [0.4, 0.5) is 16.2 Å². The molecule has 2 aromatic heterocycles. The van der Waals surface area contributed by atoms with Crippen LogP contribution in [0.1, 0.15) is 48.3 Å². The number of fused-ring (bicyclic) bond motifs is 1. The van der Waals surface area contributed by atoms with Gasteiger partial charge in [-0.1, -0.05) is 83.9 Å². The molecule has 8 rings (SSSR count). The van der Waals surface area contributed by atoms with Gasteiger partial charge in [0.1, 0.15) is 5.69 Å². The second-order valence-electron chi connectivity index (χ2n) is 13.4. The number of carbonyl (C=O) groups is 2. The summed E-state index contributed by atoms with van der Waals surface area (Å²) in [4.78, 5) is 39.6. The Labute approximate surface area is 312 Å². The molecule has 2 amide bonds. The summed E-state index contributed by atoms with van der Waals surface area (Å²) in [5, 5.41) is 5.33. The summed E-state index contributed by atoms with van der Waals surface area (Å²) in [7, 11) is 0. The van der Waals surface area contributed by atoms with E-state index in [-0.39, 0.29) is 24.1 Å². The molecular formula is C41H38Cl2N6O3. The standard InChI is InChI=1S/C41H38Cl2N6O3/c1-26(27-12-14-29(42)15-13-27)49-25-44-37(28-8-3-2-4-9-28)39(49)36-32-17-16-30(43)24-34(32)45-38(36)40(50)46-33-10-5-6-11-35(33)47-21-18-31(19-22-47)48-20-7-23-52-41(48)51/h2-6,8-17,24-26,31,45H,7,18-23H2,1H3,(H,46,50)/t26-/m0/s1. The summed E-state index contributed by atoms with van der Waals surface area (Å²) in [6.07, 6.45) is 4.13. The lowest BCUT2D eigenvalue weighted by Crippen LogP contribution is -2.50. The van der Waals surface area contributed by atoms with E-state index >= 15 is 0 Å². The number of hydrogen-bond acceptors (Lipinski definition) is 5. The molecule has 0 bridgehead atoms. The van der Waals surface area contributed by atoms with Crippen molar-refractivity contribution in [3.8, 4) is 22.5 Å². The van der Waals surface area contributed by atoms with Crippen LogP contribution in [-0.4, -0.2) is 63.7 Å². The Bertz CT molecular complexity index is 2240. The molecule has 4 aromatic carbocycles. The van der Waals surface area contributed by atoms with Crippen molar-refractivity contribution in [2.45, 2.75) is 38.3 Å². The molecule has 6 aromatic rings. The number of imidazole rings is 1. The maximum atomic E-state index is 14.7. The SMILES string of the molecule is C[C@@H](c1ccc(Cl)cc1)n1cnc(-c2ccccc2)c1-c1c(C(=O)Nc2ccccc2N2CCC(N3CCCOC3=O)CC2)[nH]c2cc(Cl)ccc12. The van der Waals surface area contributed by atoms with Gasteiger partial charge in [0.15, 0.2) is 0 Å². The minimum atomic E-state index is -0.286. The average molecular weight is 734 g/mol. The first kappa shape index (κ1) is 33.9. The molecule has 0 saturated carbocycles. The summed E-state index contributed by atoms with van der Waals surface area (Å²) in [6.45, 7) is 4.84. The number of amides is 2. The first-order valence-corrected chi connectivity index (χ1v) is 18.4. The van der Waals surface area contributed by atoms with E-state index in [4.69, 9.17) is 32.9 Å². The zero-order valence-electron chi connectivity index (χ0n) is 28.7. The molecule has 11 heteroatoms. The molecule has 0 aliphatic carbocycles. The number of anilines is 2. The number of para-hydroxylation sites is 2. The van der Waals surface area contributed by atoms with E-state index in [1.165, 1.54) is 0 Å². The molecule has 2 N–H and O–H groups in total. The highest BCUT2D eigenvalue weighted by molar-refractivity contribution is 6.31. The zero-order valence-corrected chi connectivity index (χ0v) is 30.2. The van der Waals surface area contributed by atoms with Crippen LogP contribution in [0.25, 0.3) is 33.4 Å². The van der Waals surface area contributed by atoms with Crippen LogP contribution in [-0.2, 0) is 4.74 Å². The first-order chi connectivity index (χ1) is 25.4. The Hall–Kier alpha value is -5.25. The molecule has 52 heavy (non-hydrogen) atoms. The fraction of sp³-hybridized carbons (Fsp3) is 0.244. The number of H-pyrrole nitrogens is 1. The van der Waals surface area contributed by atoms with Gasteiger partial charge in [-0.15, -0.1) is 0 Å². The second-order valence-corrected chi connectivity index (χ2v) is 14.2. The monoisotopic (exact) mass is 732 g/mol. The van der Waals surface area contributed by atoms with Gasteiger partial charge in [-0.2, -0.15) is 0 Å². The summed E-state index contributed by atoms with van der Waals surface area (Å²) >= 11 is 12.8. The van der Waals surface area contributed by atoms with Crippen LogP contribution >= 0.6 is 23.2 Å². The van der Waals surface area contributed by atoms with Crippen molar-refractivity contribution >= 4 is 57.5 Å². The van der Waals surface area contributed by atoms with E-state index in [1.54, 1.807) is 0 Å². The maximum Gasteiger partial charge on any atom is 0.410 e. The van der Waals surface area contributed by atoms with Gasteiger partial charge in [0, 0.05) is 57.8 Å². The van der Waals surface area contributed by atoms with Crippen molar-refractivity contribution in [2.24, 2.45) is 0 Å². The Kier molecular flexibility index (Phi) is 9.38. The maximum absolute atomic E-state index is 14.7. The van der Waals surface area contributed by atoms with Crippen molar-refractivity contribution in [3.63, 3.8) is 0 Å². The Morgan fingerprint density at radius 2 is 1.65 bits per heavy atom. The van der Waals surface area contributed by atoms with E-state index in [2.05, 4.69) is 26.7 Å². The fourth-order valence-electron chi connectivity index (χ4n) is 7.56. The predicted octanol–water partition coefficient (Wildman–Crippen LogP) is 9.68. The molecule has 0 spiro atoms. The third-order valence-electron chi connectivity index (χ3n) is 10.2. The number of cyclic esters (lactones) is 1. The third-order valence-corrected chi connectivity index (χ3v) is 10.7. The van der Waals surface area contributed by atoms with Crippen molar-refractivity contribution in [3.05, 3.63) is 125 Å². The third kappa shape index (κ3) is 6.50. The lowest BCUT2D eigenvalue weighted by molar-refractivity contribution is 0.0499. The lowest BCUT2D eigenvalue weighted by atomic mass is 9.99. The molecule has 0 radical (unpaired) electrons. The predicted molar refractivity (Wildman–Crippen MR) is 208 cm³/mol. The van der Waals surface area contributed by atoms with Crippen LogP contribution in [0, 0.1) is 0 Å². The van der Waals surface area contributed by atoms with Crippen LogP contribution in [0.5, 0.6) is 0 Å². The molecule has 1 atom stereocenters. The van der Waals surface area contributed by atoms with Gasteiger partial charge < -0.3 is 29.4 Å². The number of hydrogen-bond donors (Lipinski definition) is 2. The number of nitrogens with one attached hydrogen (secondary N) is 2. The van der Waals surface area contributed by atoms with Gasteiger partial charge in [0.05, 0.1) is 41.7 Å². The van der Waals surface area contributed by atoms with Crippen LogP contribution < -0.4 is 10.2 Å². The summed E-state index contributed by atoms with van der Waals surface area (Å²) < 4.78 is 7.43. The highest BCUT2D eigenvalue weighted by Gasteiger charge is 2.32. The largest absolute Gasteiger partial charge is 0.449 e. The topological polar surface area (TPSA) is 95.5 Å². The van der Waals surface area contributed by atoms with E-state index < -0.39 is 0 Å². The van der Waals surface area contributed by atoms with Crippen LogP contribution in [0.3, 0.4) is 0 Å². The summed E-state index contributed by atoms with van der Waals surface area (Å²) in [5.41, 5.74) is 7.05. The molecular weight excluding hydrogens is 695 g/mol. The van der Waals surface area contributed by atoms with Crippen LogP contribution in [0.2, 0.25) is 10.0 Å².